The van der Waals surface area contributed by atoms with Crippen molar-refractivity contribution in [3.05, 3.63) is 34.9 Å². The van der Waals surface area contributed by atoms with Gasteiger partial charge >= 0.3 is 5.69 Å². The lowest BCUT2D eigenvalue weighted by Crippen LogP contribution is -2.33. The number of amides is 1. The average molecular weight is 300 g/mol. The van der Waals surface area contributed by atoms with Crippen molar-refractivity contribution in [1.29, 1.82) is 0 Å². The van der Waals surface area contributed by atoms with E-state index in [9.17, 15) is 9.59 Å². The number of hydrogen-bond acceptors (Lipinski definition) is 4. The molecule has 7 nitrogen and oxygen atoms in total. The van der Waals surface area contributed by atoms with Crippen molar-refractivity contribution in [1.82, 2.24) is 24.8 Å². The molecule has 8 heteroatoms. The average Bonchev–Trinajstić information content (AvgIpc) is 2.72. The van der Waals surface area contributed by atoms with Crippen LogP contribution in [0.3, 0.4) is 0 Å². The van der Waals surface area contributed by atoms with E-state index >= 15 is 0 Å². The van der Waals surface area contributed by atoms with E-state index in [1.54, 1.807) is 24.4 Å². The Labute approximate surface area is 122 Å². The van der Waals surface area contributed by atoms with Crippen LogP contribution >= 0.6 is 12.4 Å². The second-order valence-electron chi connectivity index (χ2n) is 4.18. The van der Waals surface area contributed by atoms with Crippen LogP contribution < -0.4 is 16.3 Å². The summed E-state index contributed by atoms with van der Waals surface area (Å²) in [6.07, 6.45) is 2.48. The van der Waals surface area contributed by atoms with Gasteiger partial charge < -0.3 is 10.6 Å². The minimum absolute atomic E-state index is 0. The van der Waals surface area contributed by atoms with E-state index in [0.29, 0.717) is 12.2 Å². The van der Waals surface area contributed by atoms with Crippen molar-refractivity contribution in [2.24, 2.45) is 0 Å². The van der Waals surface area contributed by atoms with Gasteiger partial charge in [0.2, 0.25) is 5.91 Å². The number of halogens is 1. The predicted molar refractivity (Wildman–Crippen MR) is 78.3 cm³/mol. The van der Waals surface area contributed by atoms with Gasteiger partial charge in [-0.15, -0.1) is 17.5 Å². The highest BCUT2D eigenvalue weighted by Gasteiger charge is 2.09. The van der Waals surface area contributed by atoms with Gasteiger partial charge in [-0.3, -0.25) is 9.20 Å². The van der Waals surface area contributed by atoms with Crippen LogP contribution in [0, 0.1) is 0 Å². The number of nitrogens with one attached hydrogen (secondary N) is 2. The molecular formula is C12H18ClN5O2. The molecule has 0 saturated carbocycles. The van der Waals surface area contributed by atoms with Gasteiger partial charge in [0, 0.05) is 12.7 Å². The van der Waals surface area contributed by atoms with Gasteiger partial charge in [0.1, 0.15) is 6.54 Å². The molecule has 0 aromatic carbocycles. The maximum Gasteiger partial charge on any atom is 0.350 e. The molecule has 2 rings (SSSR count). The molecule has 2 heterocycles. The molecule has 0 bridgehead atoms. The third-order valence-electron chi connectivity index (χ3n) is 2.71. The molecule has 0 saturated heterocycles. The molecule has 2 aromatic rings. The van der Waals surface area contributed by atoms with Gasteiger partial charge in [-0.25, -0.2) is 9.48 Å². The second kappa shape index (κ2) is 7.66. The van der Waals surface area contributed by atoms with Gasteiger partial charge in [-0.1, -0.05) is 6.07 Å². The van der Waals surface area contributed by atoms with E-state index in [-0.39, 0.29) is 30.5 Å². The van der Waals surface area contributed by atoms with Gasteiger partial charge in [0.15, 0.2) is 5.65 Å². The van der Waals surface area contributed by atoms with Crippen LogP contribution in [-0.4, -0.2) is 40.2 Å². The van der Waals surface area contributed by atoms with Crippen molar-refractivity contribution in [2.45, 2.75) is 13.0 Å². The Kier molecular flexibility index (Phi) is 6.20. The number of carbonyl (C=O) groups is 1. The largest absolute Gasteiger partial charge is 0.354 e. The van der Waals surface area contributed by atoms with Crippen molar-refractivity contribution < 1.29 is 4.79 Å². The molecule has 0 aliphatic carbocycles. The summed E-state index contributed by atoms with van der Waals surface area (Å²) < 4.78 is 2.58. The summed E-state index contributed by atoms with van der Waals surface area (Å²) in [4.78, 5) is 23.6. The van der Waals surface area contributed by atoms with Crippen LogP contribution in [0.15, 0.2) is 29.2 Å². The lowest BCUT2D eigenvalue weighted by molar-refractivity contribution is -0.121. The highest BCUT2D eigenvalue weighted by Crippen LogP contribution is 1.94. The topological polar surface area (TPSA) is 80.4 Å². The number of rotatable bonds is 6. The van der Waals surface area contributed by atoms with Crippen LogP contribution in [0.4, 0.5) is 0 Å². The lowest BCUT2D eigenvalue weighted by atomic mass is 10.4. The molecule has 0 aliphatic rings. The normalized spacial score (nSPS) is 10.2. The fraction of sp³-hybridized carbons (Fsp3) is 0.417. The number of nitrogens with zero attached hydrogens (tertiary/aromatic N) is 3. The third kappa shape index (κ3) is 3.82. The molecule has 2 N–H and O–H groups in total. The van der Waals surface area contributed by atoms with Crippen LogP contribution in [-0.2, 0) is 11.3 Å². The highest BCUT2D eigenvalue weighted by molar-refractivity contribution is 5.85. The van der Waals surface area contributed by atoms with Crippen molar-refractivity contribution in [3.8, 4) is 0 Å². The first-order valence-electron chi connectivity index (χ1n) is 6.18. The fourth-order valence-corrected chi connectivity index (χ4v) is 1.76. The molecule has 0 radical (unpaired) electrons. The maximum atomic E-state index is 11.9. The summed E-state index contributed by atoms with van der Waals surface area (Å²) in [5, 5.41) is 9.84. The summed E-state index contributed by atoms with van der Waals surface area (Å²) in [6.45, 7) is 1.37. The number of pyridine rings is 1. The molecule has 0 atom stereocenters. The van der Waals surface area contributed by atoms with Crippen LogP contribution in [0.25, 0.3) is 5.65 Å². The van der Waals surface area contributed by atoms with E-state index in [1.165, 1.54) is 9.08 Å². The number of fused-ring (bicyclic) bond motifs is 1. The van der Waals surface area contributed by atoms with Gasteiger partial charge in [0.05, 0.1) is 0 Å². The van der Waals surface area contributed by atoms with E-state index in [4.69, 9.17) is 0 Å². The first kappa shape index (κ1) is 16.2. The van der Waals surface area contributed by atoms with Crippen LogP contribution in [0.1, 0.15) is 6.42 Å². The minimum Gasteiger partial charge on any atom is -0.354 e. The van der Waals surface area contributed by atoms with Crippen molar-refractivity contribution in [3.63, 3.8) is 0 Å². The van der Waals surface area contributed by atoms with Crippen LogP contribution in [0.5, 0.6) is 0 Å². The molecule has 20 heavy (non-hydrogen) atoms. The van der Waals surface area contributed by atoms with E-state index < -0.39 is 0 Å². The zero-order valence-electron chi connectivity index (χ0n) is 11.2. The SMILES string of the molecule is CNCCCNC(=O)Cn1nc2ccccn2c1=O.Cl. The van der Waals surface area contributed by atoms with Crippen molar-refractivity contribution >= 4 is 24.0 Å². The quantitative estimate of drug-likeness (QED) is 0.714. The Balaban J connectivity index is 0.00000200. The third-order valence-corrected chi connectivity index (χ3v) is 2.71. The molecule has 1 amide bonds. The molecule has 0 unspecified atom stereocenters. The summed E-state index contributed by atoms with van der Waals surface area (Å²) >= 11 is 0. The Morgan fingerprint density at radius 3 is 2.85 bits per heavy atom. The zero-order valence-corrected chi connectivity index (χ0v) is 12.0. The fourth-order valence-electron chi connectivity index (χ4n) is 1.76. The Bertz CT molecular complexity index is 622. The zero-order chi connectivity index (χ0) is 13.7. The Morgan fingerprint density at radius 1 is 1.35 bits per heavy atom. The van der Waals surface area contributed by atoms with Crippen molar-refractivity contribution in [2.75, 3.05) is 20.1 Å². The number of aromatic nitrogens is 3. The Morgan fingerprint density at radius 2 is 2.15 bits per heavy atom. The summed E-state index contributed by atoms with van der Waals surface area (Å²) in [7, 11) is 1.86. The molecular weight excluding hydrogens is 282 g/mol. The summed E-state index contributed by atoms with van der Waals surface area (Å²) in [5.41, 5.74) is 0.233. The molecule has 0 fully saturated rings. The van der Waals surface area contributed by atoms with Gasteiger partial charge in [-0.2, -0.15) is 0 Å². The van der Waals surface area contributed by atoms with Crippen LogP contribution in [0.2, 0.25) is 0 Å². The predicted octanol–water partition coefficient (Wildman–Crippen LogP) is -0.356. The molecule has 0 spiro atoms. The van der Waals surface area contributed by atoms with E-state index in [2.05, 4.69) is 15.7 Å². The van der Waals surface area contributed by atoms with Gasteiger partial charge in [-0.05, 0) is 32.1 Å². The summed E-state index contributed by atoms with van der Waals surface area (Å²) in [6, 6.07) is 5.27. The van der Waals surface area contributed by atoms with E-state index in [0.717, 1.165) is 13.0 Å². The smallest absolute Gasteiger partial charge is 0.350 e. The monoisotopic (exact) mass is 299 g/mol. The first-order chi connectivity index (χ1) is 9.22. The summed E-state index contributed by atoms with van der Waals surface area (Å²) in [5.74, 6) is -0.207. The number of hydrogen-bond donors (Lipinski definition) is 2. The maximum absolute atomic E-state index is 11.9. The second-order valence-corrected chi connectivity index (χ2v) is 4.18. The number of carbonyl (C=O) groups excluding carboxylic acids is 1. The highest BCUT2D eigenvalue weighted by atomic mass is 35.5. The minimum atomic E-state index is -0.305. The molecule has 2 aromatic heterocycles. The standard InChI is InChI=1S/C12H17N5O2.ClH/c1-13-6-4-7-14-11(18)9-17-12(19)16-8-3-2-5-10(16)15-17;/h2-3,5,8,13H,4,6-7,9H2,1H3,(H,14,18);1H. The van der Waals surface area contributed by atoms with E-state index in [1.807, 2.05) is 7.05 Å². The Hall–Kier alpha value is -1.86. The lowest BCUT2D eigenvalue weighted by Gasteiger charge is -2.03. The molecule has 0 aliphatic heterocycles. The first-order valence-corrected chi connectivity index (χ1v) is 6.18. The van der Waals surface area contributed by atoms with Gasteiger partial charge in [0.25, 0.3) is 0 Å². The molecule has 110 valence electrons.